The van der Waals surface area contributed by atoms with Crippen LogP contribution in [-0.4, -0.2) is 44.7 Å². The SMILES string of the molecule is COc1ccc(N2CCN(CCCc3ccc(Cl)c(C(F)(F)F)c3)CC2)cc1. The Morgan fingerprint density at radius 1 is 1.00 bits per heavy atom. The van der Waals surface area contributed by atoms with Gasteiger partial charge in [-0.25, -0.2) is 0 Å². The number of rotatable bonds is 6. The zero-order valence-electron chi connectivity index (χ0n) is 15.8. The number of halogens is 4. The lowest BCUT2D eigenvalue weighted by Gasteiger charge is -2.36. The summed E-state index contributed by atoms with van der Waals surface area (Å²) in [7, 11) is 1.65. The van der Waals surface area contributed by atoms with Crippen molar-refractivity contribution in [1.82, 2.24) is 4.90 Å². The molecule has 2 aromatic rings. The third-order valence-corrected chi connectivity index (χ3v) is 5.42. The molecule has 0 bridgehead atoms. The van der Waals surface area contributed by atoms with Crippen LogP contribution in [0.3, 0.4) is 0 Å². The molecular formula is C21H24ClF3N2O. The first-order chi connectivity index (χ1) is 13.4. The first-order valence-electron chi connectivity index (χ1n) is 9.34. The highest BCUT2D eigenvalue weighted by Crippen LogP contribution is 2.35. The van der Waals surface area contributed by atoms with Gasteiger partial charge in [0.1, 0.15) is 5.75 Å². The number of alkyl halides is 3. The van der Waals surface area contributed by atoms with Gasteiger partial charge >= 0.3 is 6.18 Å². The third kappa shape index (κ3) is 5.32. The fourth-order valence-electron chi connectivity index (χ4n) is 3.47. The van der Waals surface area contributed by atoms with Crippen LogP contribution in [0.4, 0.5) is 18.9 Å². The van der Waals surface area contributed by atoms with Crippen LogP contribution in [0.25, 0.3) is 0 Å². The molecule has 1 saturated heterocycles. The minimum absolute atomic E-state index is 0.245. The monoisotopic (exact) mass is 412 g/mol. The molecule has 1 heterocycles. The van der Waals surface area contributed by atoms with E-state index in [0.717, 1.165) is 44.9 Å². The standard InChI is InChI=1S/C21H24ClF3N2O/c1-28-18-7-5-17(6-8-18)27-13-11-26(12-14-27)10-2-3-16-4-9-20(22)19(15-16)21(23,24)25/h4-9,15H,2-3,10-14H2,1H3. The van der Waals surface area contributed by atoms with Gasteiger partial charge in [-0.15, -0.1) is 0 Å². The molecule has 0 atom stereocenters. The highest BCUT2D eigenvalue weighted by atomic mass is 35.5. The quantitative estimate of drug-likeness (QED) is 0.654. The van der Waals surface area contributed by atoms with E-state index < -0.39 is 11.7 Å². The van der Waals surface area contributed by atoms with E-state index >= 15 is 0 Å². The van der Waals surface area contributed by atoms with Crippen molar-refractivity contribution in [2.45, 2.75) is 19.0 Å². The van der Waals surface area contributed by atoms with Crippen LogP contribution in [0.1, 0.15) is 17.5 Å². The number of methoxy groups -OCH3 is 1. The Kier molecular flexibility index (Phi) is 6.73. The molecule has 1 fully saturated rings. The van der Waals surface area contributed by atoms with Gasteiger partial charge in [0.2, 0.25) is 0 Å². The first kappa shape index (κ1) is 20.8. The van der Waals surface area contributed by atoms with Crippen molar-refractivity contribution in [1.29, 1.82) is 0 Å². The molecule has 1 aliphatic heterocycles. The summed E-state index contributed by atoms with van der Waals surface area (Å²) >= 11 is 5.68. The minimum atomic E-state index is -4.41. The van der Waals surface area contributed by atoms with Crippen molar-refractivity contribution in [2.75, 3.05) is 44.7 Å². The normalized spacial score (nSPS) is 15.7. The number of aryl methyl sites for hydroxylation is 1. The fraction of sp³-hybridized carbons (Fsp3) is 0.429. The molecule has 0 unspecified atom stereocenters. The lowest BCUT2D eigenvalue weighted by molar-refractivity contribution is -0.137. The van der Waals surface area contributed by atoms with Gasteiger partial charge in [0.15, 0.2) is 0 Å². The van der Waals surface area contributed by atoms with E-state index in [0.29, 0.717) is 12.0 Å². The van der Waals surface area contributed by atoms with E-state index in [2.05, 4.69) is 21.9 Å². The second-order valence-corrected chi connectivity index (χ2v) is 7.35. The second-order valence-electron chi connectivity index (χ2n) is 6.94. The zero-order valence-corrected chi connectivity index (χ0v) is 16.6. The van der Waals surface area contributed by atoms with Crippen LogP contribution in [0.5, 0.6) is 5.75 Å². The molecule has 7 heteroatoms. The number of benzene rings is 2. The van der Waals surface area contributed by atoms with Gasteiger partial charge in [-0.2, -0.15) is 13.2 Å². The topological polar surface area (TPSA) is 15.7 Å². The van der Waals surface area contributed by atoms with E-state index in [1.807, 2.05) is 12.1 Å². The van der Waals surface area contributed by atoms with Crippen molar-refractivity contribution in [2.24, 2.45) is 0 Å². The Labute approximate surface area is 168 Å². The van der Waals surface area contributed by atoms with Crippen LogP contribution in [0, 0.1) is 0 Å². The summed E-state index contributed by atoms with van der Waals surface area (Å²) in [5, 5.41) is -0.245. The van der Waals surface area contributed by atoms with Crippen molar-refractivity contribution in [3.8, 4) is 5.75 Å². The maximum Gasteiger partial charge on any atom is 0.417 e. The number of hydrogen-bond donors (Lipinski definition) is 0. The van der Waals surface area contributed by atoms with Gasteiger partial charge in [0.05, 0.1) is 17.7 Å². The maximum absolute atomic E-state index is 13.0. The number of ether oxygens (including phenoxy) is 1. The van der Waals surface area contributed by atoms with Crippen molar-refractivity contribution in [3.63, 3.8) is 0 Å². The number of anilines is 1. The molecule has 0 saturated carbocycles. The molecule has 1 aliphatic rings. The molecule has 0 spiro atoms. The van der Waals surface area contributed by atoms with Crippen molar-refractivity contribution < 1.29 is 17.9 Å². The summed E-state index contributed by atoms with van der Waals surface area (Å²) in [6.07, 6.45) is -2.98. The average Bonchev–Trinajstić information content (AvgIpc) is 2.69. The third-order valence-electron chi connectivity index (χ3n) is 5.09. The van der Waals surface area contributed by atoms with E-state index in [1.54, 1.807) is 13.2 Å². The molecule has 2 aromatic carbocycles. The second kappa shape index (κ2) is 9.05. The summed E-state index contributed by atoms with van der Waals surface area (Å²) in [6.45, 7) is 4.64. The van der Waals surface area contributed by atoms with Gasteiger partial charge in [0, 0.05) is 31.9 Å². The molecule has 0 amide bonds. The summed E-state index contributed by atoms with van der Waals surface area (Å²) in [5.41, 5.74) is 1.11. The van der Waals surface area contributed by atoms with Crippen molar-refractivity contribution in [3.05, 3.63) is 58.6 Å². The van der Waals surface area contributed by atoms with E-state index in [9.17, 15) is 13.2 Å². The maximum atomic E-state index is 13.0. The smallest absolute Gasteiger partial charge is 0.417 e. The van der Waals surface area contributed by atoms with Gasteiger partial charge < -0.3 is 9.64 Å². The van der Waals surface area contributed by atoms with Gasteiger partial charge in [0.25, 0.3) is 0 Å². The Balaban J connectivity index is 1.46. The molecule has 28 heavy (non-hydrogen) atoms. The number of hydrogen-bond acceptors (Lipinski definition) is 3. The largest absolute Gasteiger partial charge is 0.497 e. The highest BCUT2D eigenvalue weighted by Gasteiger charge is 2.33. The van der Waals surface area contributed by atoms with Gasteiger partial charge in [-0.1, -0.05) is 17.7 Å². The average molecular weight is 413 g/mol. The lowest BCUT2D eigenvalue weighted by atomic mass is 10.1. The molecule has 0 aromatic heterocycles. The summed E-state index contributed by atoms with van der Waals surface area (Å²) in [6, 6.07) is 12.2. The van der Waals surface area contributed by atoms with Crippen LogP contribution in [0.15, 0.2) is 42.5 Å². The van der Waals surface area contributed by atoms with Crippen LogP contribution >= 0.6 is 11.6 Å². The summed E-state index contributed by atoms with van der Waals surface area (Å²) in [5.74, 6) is 0.846. The molecule has 0 aliphatic carbocycles. The molecule has 3 nitrogen and oxygen atoms in total. The Hall–Kier alpha value is -1.92. The molecule has 152 valence electrons. The predicted molar refractivity (Wildman–Crippen MR) is 106 cm³/mol. The zero-order chi connectivity index (χ0) is 20.1. The van der Waals surface area contributed by atoms with E-state index in [4.69, 9.17) is 16.3 Å². The van der Waals surface area contributed by atoms with Crippen LogP contribution in [0.2, 0.25) is 5.02 Å². The Bertz CT molecular complexity index is 772. The molecule has 0 radical (unpaired) electrons. The molecule has 3 rings (SSSR count). The minimum Gasteiger partial charge on any atom is -0.497 e. The predicted octanol–water partition coefficient (Wildman–Crippen LogP) is 5.12. The van der Waals surface area contributed by atoms with E-state index in [-0.39, 0.29) is 5.02 Å². The Morgan fingerprint density at radius 2 is 1.68 bits per heavy atom. The summed E-state index contributed by atoms with van der Waals surface area (Å²) < 4.78 is 44.1. The molecule has 0 N–H and O–H groups in total. The van der Waals surface area contributed by atoms with Crippen LogP contribution < -0.4 is 9.64 Å². The highest BCUT2D eigenvalue weighted by molar-refractivity contribution is 6.31. The number of piperazine rings is 1. The van der Waals surface area contributed by atoms with Gasteiger partial charge in [-0.05, 0) is 61.3 Å². The van der Waals surface area contributed by atoms with E-state index in [1.165, 1.54) is 17.8 Å². The fourth-order valence-corrected chi connectivity index (χ4v) is 3.70. The lowest BCUT2D eigenvalue weighted by Crippen LogP contribution is -2.46. The first-order valence-corrected chi connectivity index (χ1v) is 9.71. The summed E-state index contributed by atoms with van der Waals surface area (Å²) in [4.78, 5) is 4.70. The van der Waals surface area contributed by atoms with Crippen molar-refractivity contribution >= 4 is 17.3 Å². The Morgan fingerprint density at radius 3 is 2.29 bits per heavy atom. The number of nitrogens with zero attached hydrogens (tertiary/aromatic N) is 2. The van der Waals surface area contributed by atoms with Gasteiger partial charge in [-0.3, -0.25) is 4.90 Å². The van der Waals surface area contributed by atoms with Crippen LogP contribution in [-0.2, 0) is 12.6 Å². The molecular weight excluding hydrogens is 389 g/mol.